The van der Waals surface area contributed by atoms with Crippen LogP contribution in [0.2, 0.25) is 0 Å². The predicted molar refractivity (Wildman–Crippen MR) is 70.7 cm³/mol. The molecule has 1 aliphatic heterocycles. The van der Waals surface area contributed by atoms with Crippen molar-refractivity contribution in [1.82, 2.24) is 10.2 Å². The number of hydrogen-bond donors (Lipinski definition) is 1. The topological polar surface area (TPSA) is 45.5 Å². The number of piperidine rings is 1. The zero-order chi connectivity index (χ0) is 13.0. The predicted octanol–water partition coefficient (Wildman–Crippen LogP) is 2.06. The largest absolute Gasteiger partial charge is 0.456 e. The van der Waals surface area contributed by atoms with Crippen LogP contribution in [0, 0.1) is 0 Å². The second-order valence-electron chi connectivity index (χ2n) is 4.77. The Bertz CT molecular complexity index is 398. The number of amides is 1. The molecular formula is C14H22N2O2. The first-order chi connectivity index (χ1) is 8.74. The van der Waals surface area contributed by atoms with E-state index in [0.29, 0.717) is 11.8 Å². The Morgan fingerprint density at radius 3 is 3.00 bits per heavy atom. The quantitative estimate of drug-likeness (QED) is 0.889. The van der Waals surface area contributed by atoms with Crippen LogP contribution < -0.4 is 5.32 Å². The molecule has 0 aromatic carbocycles. The van der Waals surface area contributed by atoms with Crippen molar-refractivity contribution in [2.45, 2.75) is 39.2 Å². The van der Waals surface area contributed by atoms with Crippen molar-refractivity contribution in [3.05, 3.63) is 23.7 Å². The lowest BCUT2D eigenvalue weighted by molar-refractivity contribution is 0.0662. The summed E-state index contributed by atoms with van der Waals surface area (Å²) in [7, 11) is 0. The Morgan fingerprint density at radius 2 is 2.33 bits per heavy atom. The number of furan rings is 1. The minimum Gasteiger partial charge on any atom is -0.456 e. The third-order valence-corrected chi connectivity index (χ3v) is 3.42. The maximum absolute atomic E-state index is 12.3. The summed E-state index contributed by atoms with van der Waals surface area (Å²) in [6.07, 6.45) is 3.04. The summed E-state index contributed by atoms with van der Waals surface area (Å²) in [4.78, 5) is 14.2. The molecule has 4 heteroatoms. The van der Waals surface area contributed by atoms with Crippen molar-refractivity contribution in [3.63, 3.8) is 0 Å². The second kappa shape index (κ2) is 6.05. The van der Waals surface area contributed by atoms with Gasteiger partial charge in [0.2, 0.25) is 0 Å². The molecule has 2 rings (SSSR count). The molecular weight excluding hydrogens is 228 g/mol. The van der Waals surface area contributed by atoms with E-state index in [4.69, 9.17) is 4.42 Å². The van der Waals surface area contributed by atoms with Gasteiger partial charge in [-0.1, -0.05) is 13.8 Å². The summed E-state index contributed by atoms with van der Waals surface area (Å²) in [5.74, 6) is 1.37. The Kier molecular flexibility index (Phi) is 4.42. The standard InChI is InChI=1S/C14H22N2O2/c1-3-12-7-8-13(18-12)14(17)16-9-5-6-11(10-16)15-4-2/h7-8,11,15H,3-6,9-10H2,1-2H3. The van der Waals surface area contributed by atoms with E-state index in [1.807, 2.05) is 17.9 Å². The SMILES string of the molecule is CCNC1CCCN(C(=O)c2ccc(CC)o2)C1. The molecule has 0 radical (unpaired) electrons. The van der Waals surface area contributed by atoms with Crippen molar-refractivity contribution in [2.75, 3.05) is 19.6 Å². The van der Waals surface area contributed by atoms with E-state index in [9.17, 15) is 4.79 Å². The molecule has 4 nitrogen and oxygen atoms in total. The number of carbonyl (C=O) groups is 1. The second-order valence-corrected chi connectivity index (χ2v) is 4.77. The minimum atomic E-state index is 0.0253. The number of nitrogens with one attached hydrogen (secondary N) is 1. The molecule has 1 unspecified atom stereocenters. The van der Waals surface area contributed by atoms with Crippen LogP contribution in [0.25, 0.3) is 0 Å². The van der Waals surface area contributed by atoms with Crippen LogP contribution in [0.1, 0.15) is 43.0 Å². The molecule has 1 amide bonds. The van der Waals surface area contributed by atoms with Crippen molar-refractivity contribution in [1.29, 1.82) is 0 Å². The van der Waals surface area contributed by atoms with E-state index >= 15 is 0 Å². The molecule has 1 atom stereocenters. The van der Waals surface area contributed by atoms with Crippen LogP contribution in [0.4, 0.5) is 0 Å². The molecule has 1 saturated heterocycles. The summed E-state index contributed by atoms with van der Waals surface area (Å²) in [5, 5.41) is 3.41. The summed E-state index contributed by atoms with van der Waals surface area (Å²) < 4.78 is 5.53. The molecule has 100 valence electrons. The normalized spacial score (nSPS) is 20.1. The lowest BCUT2D eigenvalue weighted by Gasteiger charge is -2.32. The Balaban J connectivity index is 1.99. The first kappa shape index (κ1) is 13.1. The van der Waals surface area contributed by atoms with Gasteiger partial charge in [0.15, 0.2) is 5.76 Å². The van der Waals surface area contributed by atoms with Crippen molar-refractivity contribution >= 4 is 5.91 Å². The first-order valence-corrected chi connectivity index (χ1v) is 6.86. The van der Waals surface area contributed by atoms with Crippen LogP contribution in [-0.4, -0.2) is 36.5 Å². The van der Waals surface area contributed by atoms with Gasteiger partial charge in [-0.2, -0.15) is 0 Å². The van der Waals surface area contributed by atoms with Gasteiger partial charge in [0, 0.05) is 25.6 Å². The number of aryl methyl sites for hydroxylation is 1. The van der Waals surface area contributed by atoms with Gasteiger partial charge in [-0.3, -0.25) is 4.79 Å². The Morgan fingerprint density at radius 1 is 1.50 bits per heavy atom. The molecule has 1 fully saturated rings. The van der Waals surface area contributed by atoms with E-state index in [0.717, 1.165) is 44.7 Å². The lowest BCUT2D eigenvalue weighted by Crippen LogP contribution is -2.47. The number of hydrogen-bond acceptors (Lipinski definition) is 3. The van der Waals surface area contributed by atoms with Crippen LogP contribution in [0.5, 0.6) is 0 Å². The Labute approximate surface area is 108 Å². The van der Waals surface area contributed by atoms with Gasteiger partial charge < -0.3 is 14.6 Å². The number of rotatable bonds is 4. The third-order valence-electron chi connectivity index (χ3n) is 3.42. The fourth-order valence-corrected chi connectivity index (χ4v) is 2.46. The van der Waals surface area contributed by atoms with Gasteiger partial charge in [-0.15, -0.1) is 0 Å². The van der Waals surface area contributed by atoms with Gasteiger partial charge >= 0.3 is 0 Å². The zero-order valence-corrected chi connectivity index (χ0v) is 11.2. The first-order valence-electron chi connectivity index (χ1n) is 6.86. The molecule has 1 aliphatic rings. The number of likely N-dealkylation sites (N-methyl/N-ethyl adjacent to an activating group) is 1. The average molecular weight is 250 g/mol. The molecule has 2 heterocycles. The van der Waals surface area contributed by atoms with Gasteiger partial charge in [-0.05, 0) is 31.5 Å². The molecule has 1 N–H and O–H groups in total. The highest BCUT2D eigenvalue weighted by atomic mass is 16.4. The van der Waals surface area contributed by atoms with Gasteiger partial charge in [-0.25, -0.2) is 0 Å². The van der Waals surface area contributed by atoms with Crippen LogP contribution in [0.15, 0.2) is 16.5 Å². The van der Waals surface area contributed by atoms with E-state index in [2.05, 4.69) is 12.2 Å². The third kappa shape index (κ3) is 2.93. The van der Waals surface area contributed by atoms with Gasteiger partial charge in [0.05, 0.1) is 0 Å². The molecule has 18 heavy (non-hydrogen) atoms. The molecule has 0 aliphatic carbocycles. The highest BCUT2D eigenvalue weighted by Gasteiger charge is 2.25. The summed E-state index contributed by atoms with van der Waals surface area (Å²) in [5.41, 5.74) is 0. The Hall–Kier alpha value is -1.29. The monoisotopic (exact) mass is 250 g/mol. The van der Waals surface area contributed by atoms with Crippen molar-refractivity contribution in [2.24, 2.45) is 0 Å². The molecule has 0 spiro atoms. The smallest absolute Gasteiger partial charge is 0.289 e. The molecule has 0 bridgehead atoms. The van der Waals surface area contributed by atoms with Gasteiger partial charge in [0.25, 0.3) is 5.91 Å². The molecule has 0 saturated carbocycles. The van der Waals surface area contributed by atoms with Crippen LogP contribution in [-0.2, 0) is 6.42 Å². The maximum Gasteiger partial charge on any atom is 0.289 e. The molecule has 1 aromatic heterocycles. The fraction of sp³-hybridized carbons (Fsp3) is 0.643. The number of carbonyl (C=O) groups excluding carboxylic acids is 1. The van der Waals surface area contributed by atoms with E-state index in [-0.39, 0.29) is 5.91 Å². The van der Waals surface area contributed by atoms with Crippen LogP contribution >= 0.6 is 0 Å². The fourth-order valence-electron chi connectivity index (χ4n) is 2.46. The number of likely N-dealkylation sites (tertiary alicyclic amines) is 1. The van der Waals surface area contributed by atoms with Crippen LogP contribution in [0.3, 0.4) is 0 Å². The van der Waals surface area contributed by atoms with E-state index < -0.39 is 0 Å². The highest BCUT2D eigenvalue weighted by Crippen LogP contribution is 2.16. The molecule has 1 aromatic rings. The van der Waals surface area contributed by atoms with E-state index in [1.165, 1.54) is 0 Å². The van der Waals surface area contributed by atoms with Crippen molar-refractivity contribution < 1.29 is 9.21 Å². The average Bonchev–Trinajstić information content (AvgIpc) is 2.87. The van der Waals surface area contributed by atoms with E-state index in [1.54, 1.807) is 6.07 Å². The summed E-state index contributed by atoms with van der Waals surface area (Å²) in [6.45, 7) is 6.70. The highest BCUT2D eigenvalue weighted by molar-refractivity contribution is 5.91. The zero-order valence-electron chi connectivity index (χ0n) is 11.2. The number of nitrogens with zero attached hydrogens (tertiary/aromatic N) is 1. The maximum atomic E-state index is 12.3. The summed E-state index contributed by atoms with van der Waals surface area (Å²) >= 11 is 0. The van der Waals surface area contributed by atoms with Gasteiger partial charge in [0.1, 0.15) is 5.76 Å². The lowest BCUT2D eigenvalue weighted by atomic mass is 10.1. The van der Waals surface area contributed by atoms with Crippen molar-refractivity contribution in [3.8, 4) is 0 Å². The summed E-state index contributed by atoms with van der Waals surface area (Å²) in [6, 6.07) is 4.10. The minimum absolute atomic E-state index is 0.0253.